The van der Waals surface area contributed by atoms with Gasteiger partial charge in [0, 0.05) is 31.0 Å². The quantitative estimate of drug-likeness (QED) is 0.143. The zero-order valence-corrected chi connectivity index (χ0v) is 33.6. The summed E-state index contributed by atoms with van der Waals surface area (Å²) in [6, 6.07) is 47.5. The van der Waals surface area contributed by atoms with E-state index in [1.165, 1.54) is 47.6 Å². The van der Waals surface area contributed by atoms with E-state index in [0.29, 0.717) is 0 Å². The van der Waals surface area contributed by atoms with E-state index in [-0.39, 0.29) is 5.41 Å². The highest BCUT2D eigenvalue weighted by molar-refractivity contribution is 7.26. The molecule has 0 bridgehead atoms. The van der Waals surface area contributed by atoms with Crippen molar-refractivity contribution in [3.8, 4) is 0 Å². The van der Waals surface area contributed by atoms with E-state index in [2.05, 4.69) is 193 Å². The zero-order valence-electron chi connectivity index (χ0n) is 32.7. The van der Waals surface area contributed by atoms with Gasteiger partial charge in [-0.1, -0.05) is 186 Å². The Bertz CT molecular complexity index is 2970. The summed E-state index contributed by atoms with van der Waals surface area (Å²) in [6.45, 7) is 26.9. The predicted octanol–water partition coefficient (Wildman–Crippen LogP) is 16.0. The zero-order chi connectivity index (χ0) is 39.1. The third kappa shape index (κ3) is 6.29. The molecule has 1 aliphatic carbocycles. The summed E-state index contributed by atoms with van der Waals surface area (Å²) in [5.74, 6) is 0. The van der Waals surface area contributed by atoms with Crippen LogP contribution >= 0.6 is 11.3 Å². The lowest BCUT2D eigenvalue weighted by Gasteiger charge is -2.23. The predicted molar refractivity (Wildman–Crippen MR) is 250 cm³/mol. The van der Waals surface area contributed by atoms with Crippen LogP contribution in [0.25, 0.3) is 64.5 Å². The number of allylic oxidation sites excluding steroid dienone is 8. The number of benzene rings is 5. The van der Waals surface area contributed by atoms with Crippen LogP contribution in [0.15, 0.2) is 195 Å². The number of rotatable bonds is 7. The Hall–Kier alpha value is -6.28. The Morgan fingerprint density at radius 3 is 1.98 bits per heavy atom. The molecule has 0 saturated carbocycles. The highest BCUT2D eigenvalue weighted by Gasteiger charge is 2.39. The summed E-state index contributed by atoms with van der Waals surface area (Å²) in [5, 5.41) is 7.55. The third-order valence-corrected chi connectivity index (χ3v) is 12.8. The summed E-state index contributed by atoms with van der Waals surface area (Å²) in [5.41, 5.74) is 13.2. The maximum Gasteiger partial charge on any atom is 0.0437 e. The minimum Gasteiger partial charge on any atom is -0.135 e. The molecule has 0 unspecified atom stereocenters. The van der Waals surface area contributed by atoms with E-state index in [1.807, 2.05) is 23.5 Å². The molecule has 8 rings (SSSR count). The lowest BCUT2D eigenvalue weighted by Crippen LogP contribution is -2.15. The molecule has 56 heavy (non-hydrogen) atoms. The van der Waals surface area contributed by atoms with Crippen molar-refractivity contribution in [1.29, 1.82) is 0 Å². The molecule has 0 nitrogen and oxygen atoms in total. The van der Waals surface area contributed by atoms with Crippen molar-refractivity contribution in [3.05, 3.63) is 228 Å². The number of hydrogen-bond acceptors (Lipinski definition) is 1. The van der Waals surface area contributed by atoms with E-state index < -0.39 is 0 Å². The van der Waals surface area contributed by atoms with Gasteiger partial charge in [-0.25, -0.2) is 0 Å². The van der Waals surface area contributed by atoms with Crippen molar-refractivity contribution < 1.29 is 0 Å². The molecule has 272 valence electrons. The van der Waals surface area contributed by atoms with Gasteiger partial charge in [-0.15, -0.1) is 11.3 Å². The molecule has 0 N–H and O–H groups in total. The third-order valence-electron chi connectivity index (χ3n) is 11.6. The molecule has 0 atom stereocenters. The average Bonchev–Trinajstić information content (AvgIpc) is 3.69. The Balaban J connectivity index is 1.20. The standard InChI is InChI=1S/C55H46S/c1-9-40-20-14-15-22-43(40)38(5)44-23-13-11-10-12-21-42(45-24-16-17-25-46(44)45)36(3)29-28-35(2)37(4)34-50-39(6)55(7,8)53-48(50)32-30-41-31-33-49-47-26-18-19-27-51(47)56-54(49)52(41)53/h9-34H,1,4-6H2,2-3,7-8H3/b11-10?,12-10?,13-11?,21-12?,23-13?,35-28+,36-29+,42-21?,44-23?,45-42?,46-44?,50-34+. The van der Waals surface area contributed by atoms with E-state index >= 15 is 0 Å². The molecular formula is C55H46S. The smallest absolute Gasteiger partial charge is 0.0437 e. The van der Waals surface area contributed by atoms with Gasteiger partial charge >= 0.3 is 0 Å². The molecule has 0 spiro atoms. The molecule has 1 aliphatic rings. The van der Waals surface area contributed by atoms with Crippen LogP contribution in [0.2, 0.25) is 0 Å². The second kappa shape index (κ2) is 14.8. The van der Waals surface area contributed by atoms with Crippen LogP contribution in [0.4, 0.5) is 0 Å². The van der Waals surface area contributed by atoms with Crippen LogP contribution in [0.3, 0.4) is 0 Å². The fourth-order valence-electron chi connectivity index (χ4n) is 8.28. The summed E-state index contributed by atoms with van der Waals surface area (Å²) in [7, 11) is 0. The molecule has 1 aromatic heterocycles. The molecule has 0 amide bonds. The van der Waals surface area contributed by atoms with Crippen molar-refractivity contribution in [2.75, 3.05) is 0 Å². The van der Waals surface area contributed by atoms with Crippen LogP contribution < -0.4 is 0 Å². The summed E-state index contributed by atoms with van der Waals surface area (Å²) in [4.78, 5) is 0. The molecule has 7 aromatic rings. The van der Waals surface area contributed by atoms with Crippen LogP contribution in [0.1, 0.15) is 61.1 Å². The Morgan fingerprint density at radius 2 is 1.23 bits per heavy atom. The largest absolute Gasteiger partial charge is 0.135 e. The lowest BCUT2D eigenvalue weighted by atomic mass is 9.80. The fourth-order valence-corrected chi connectivity index (χ4v) is 9.55. The first-order valence-electron chi connectivity index (χ1n) is 19.2. The van der Waals surface area contributed by atoms with Gasteiger partial charge < -0.3 is 0 Å². The SMILES string of the molecule is C=Cc1ccccc1C(=C)c1ccccccc(/C(C)=C/C=C(\C)C(=C)/C=C2\C(=C)C(C)(C)c3c2ccc2ccc4c5ccccc5sc4c32)c2ccccc12. The van der Waals surface area contributed by atoms with Crippen molar-refractivity contribution in [2.24, 2.45) is 0 Å². The maximum absolute atomic E-state index is 4.71. The van der Waals surface area contributed by atoms with Crippen molar-refractivity contribution in [1.82, 2.24) is 0 Å². The van der Waals surface area contributed by atoms with Gasteiger partial charge in [0.05, 0.1) is 0 Å². The van der Waals surface area contributed by atoms with Crippen LogP contribution in [-0.2, 0) is 5.41 Å². The average molecular weight is 739 g/mol. The first-order chi connectivity index (χ1) is 27.1. The van der Waals surface area contributed by atoms with Gasteiger partial charge in [0.15, 0.2) is 0 Å². The van der Waals surface area contributed by atoms with Crippen molar-refractivity contribution >= 4 is 75.8 Å². The Labute approximate surface area is 335 Å². The molecular weight excluding hydrogens is 693 g/mol. The second-order valence-corrected chi connectivity index (χ2v) is 16.3. The van der Waals surface area contributed by atoms with Gasteiger partial charge in [-0.2, -0.15) is 0 Å². The molecule has 0 fully saturated rings. The minimum atomic E-state index is -0.232. The van der Waals surface area contributed by atoms with Crippen LogP contribution in [0.5, 0.6) is 0 Å². The molecule has 1 heteroatoms. The second-order valence-electron chi connectivity index (χ2n) is 15.3. The van der Waals surface area contributed by atoms with Crippen LogP contribution in [-0.4, -0.2) is 0 Å². The van der Waals surface area contributed by atoms with Gasteiger partial charge in [0.25, 0.3) is 0 Å². The first-order valence-corrected chi connectivity index (χ1v) is 20.0. The first kappa shape index (κ1) is 36.7. The van der Waals surface area contributed by atoms with E-state index in [0.717, 1.165) is 60.9 Å². The molecule has 0 radical (unpaired) electrons. The molecule has 1 heterocycles. The van der Waals surface area contributed by atoms with Gasteiger partial charge in [-0.3, -0.25) is 0 Å². The van der Waals surface area contributed by atoms with Crippen molar-refractivity contribution in [3.63, 3.8) is 0 Å². The molecule has 6 aromatic carbocycles. The summed E-state index contributed by atoms with van der Waals surface area (Å²) >= 11 is 1.90. The van der Waals surface area contributed by atoms with Crippen LogP contribution in [0, 0.1) is 0 Å². The number of hydrogen-bond donors (Lipinski definition) is 0. The topological polar surface area (TPSA) is 0 Å². The maximum atomic E-state index is 4.71. The molecule has 0 aliphatic heterocycles. The van der Waals surface area contributed by atoms with Gasteiger partial charge in [-0.05, 0) is 109 Å². The summed E-state index contributed by atoms with van der Waals surface area (Å²) < 4.78 is 2.68. The lowest BCUT2D eigenvalue weighted by molar-refractivity contribution is 0.669. The monoisotopic (exact) mass is 738 g/mol. The van der Waals surface area contributed by atoms with E-state index in [4.69, 9.17) is 6.58 Å². The fraction of sp³-hybridized carbons (Fsp3) is 0.0909. The van der Waals surface area contributed by atoms with Gasteiger partial charge in [0.2, 0.25) is 0 Å². The number of fused-ring (bicyclic) bond motifs is 8. The highest BCUT2D eigenvalue weighted by atomic mass is 32.1. The molecule has 0 saturated heterocycles. The number of thiophene rings is 1. The van der Waals surface area contributed by atoms with E-state index in [1.54, 1.807) is 0 Å². The minimum absolute atomic E-state index is 0.232. The van der Waals surface area contributed by atoms with E-state index in [9.17, 15) is 0 Å². The normalized spacial score (nSPS) is 14.7. The van der Waals surface area contributed by atoms with Crippen molar-refractivity contribution in [2.45, 2.75) is 33.1 Å². The Morgan fingerprint density at radius 1 is 0.625 bits per heavy atom. The summed E-state index contributed by atoms with van der Waals surface area (Å²) in [6.07, 6.45) is 8.56. The van der Waals surface area contributed by atoms with Gasteiger partial charge in [0.1, 0.15) is 0 Å². The Kier molecular flexibility index (Phi) is 9.66. The highest BCUT2D eigenvalue weighted by Crippen LogP contribution is 2.54.